The molecule has 0 aliphatic rings. The van der Waals surface area contributed by atoms with E-state index in [1.54, 1.807) is 18.2 Å². The second kappa shape index (κ2) is 5.03. The third kappa shape index (κ3) is 2.75. The fourth-order valence-electron chi connectivity index (χ4n) is 1.34. The minimum atomic E-state index is -0.272. The quantitative estimate of drug-likeness (QED) is 0.873. The predicted molar refractivity (Wildman–Crippen MR) is 60.5 cm³/mol. The normalized spacial score (nSPS) is 9.65. The van der Waals surface area contributed by atoms with E-state index in [0.29, 0.717) is 17.9 Å². The van der Waals surface area contributed by atoms with Crippen LogP contribution in [0.1, 0.15) is 11.1 Å². The average molecular weight is 228 g/mol. The zero-order chi connectivity index (χ0) is 12.1. The molecule has 0 amide bonds. The Hall–Kier alpha value is -2.48. The highest BCUT2D eigenvalue weighted by Gasteiger charge is 2.02. The van der Waals surface area contributed by atoms with E-state index in [0.717, 1.165) is 5.56 Å². The van der Waals surface area contributed by atoms with Gasteiger partial charge in [-0.2, -0.15) is 10.4 Å². The first-order valence-electron chi connectivity index (χ1n) is 4.99. The maximum absolute atomic E-state index is 12.7. The molecule has 0 spiro atoms. The summed E-state index contributed by atoms with van der Waals surface area (Å²) in [6, 6.07) is 9.72. The number of aromatic nitrogens is 2. The van der Waals surface area contributed by atoms with Crippen molar-refractivity contribution in [1.82, 2.24) is 10.2 Å². The second-order valence-electron chi connectivity index (χ2n) is 3.39. The van der Waals surface area contributed by atoms with E-state index < -0.39 is 0 Å². The lowest BCUT2D eigenvalue weighted by molar-refractivity contribution is 0.627. The molecule has 0 aliphatic carbocycles. The summed E-state index contributed by atoms with van der Waals surface area (Å²) >= 11 is 0. The van der Waals surface area contributed by atoms with Crippen LogP contribution < -0.4 is 5.32 Å². The molecular weight excluding hydrogens is 219 g/mol. The molecule has 0 unspecified atom stereocenters. The van der Waals surface area contributed by atoms with Gasteiger partial charge in [0.25, 0.3) is 0 Å². The van der Waals surface area contributed by atoms with Crippen LogP contribution in [-0.4, -0.2) is 10.2 Å². The van der Waals surface area contributed by atoms with E-state index in [4.69, 9.17) is 5.26 Å². The third-order valence-corrected chi connectivity index (χ3v) is 2.21. The van der Waals surface area contributed by atoms with Crippen molar-refractivity contribution in [2.24, 2.45) is 0 Å². The van der Waals surface area contributed by atoms with Crippen LogP contribution in [0.2, 0.25) is 0 Å². The molecule has 0 fully saturated rings. The molecule has 84 valence electrons. The van der Waals surface area contributed by atoms with Crippen molar-refractivity contribution in [2.75, 3.05) is 5.32 Å². The standard InChI is InChI=1S/C12H9FN4/c13-11-3-1-9(2-4-11)8-15-12-10(7-14)5-6-16-17-12/h1-6H,8H2,(H,15,17). The molecule has 1 aromatic carbocycles. The summed E-state index contributed by atoms with van der Waals surface area (Å²) in [6.07, 6.45) is 1.46. The molecule has 0 radical (unpaired) electrons. The largest absolute Gasteiger partial charge is 0.363 e. The van der Waals surface area contributed by atoms with Gasteiger partial charge in [0.05, 0.1) is 11.8 Å². The molecule has 2 aromatic rings. The minimum Gasteiger partial charge on any atom is -0.363 e. The topological polar surface area (TPSA) is 61.6 Å². The van der Waals surface area contributed by atoms with Crippen LogP contribution in [0.4, 0.5) is 10.2 Å². The summed E-state index contributed by atoms with van der Waals surface area (Å²) < 4.78 is 12.7. The van der Waals surface area contributed by atoms with Gasteiger partial charge in [0.15, 0.2) is 5.82 Å². The van der Waals surface area contributed by atoms with Crippen LogP contribution in [0.5, 0.6) is 0 Å². The summed E-state index contributed by atoms with van der Waals surface area (Å²) in [5, 5.41) is 19.3. The van der Waals surface area contributed by atoms with Crippen LogP contribution in [0, 0.1) is 17.1 Å². The summed E-state index contributed by atoms with van der Waals surface area (Å²) in [5.41, 5.74) is 1.34. The molecule has 0 aliphatic heterocycles. The number of nitrogens with one attached hydrogen (secondary N) is 1. The lowest BCUT2D eigenvalue weighted by Crippen LogP contribution is -2.04. The summed E-state index contributed by atoms with van der Waals surface area (Å²) in [4.78, 5) is 0. The van der Waals surface area contributed by atoms with E-state index in [2.05, 4.69) is 15.5 Å². The zero-order valence-corrected chi connectivity index (χ0v) is 8.89. The predicted octanol–water partition coefficient (Wildman–Crippen LogP) is 2.10. The SMILES string of the molecule is N#Cc1ccnnc1NCc1ccc(F)cc1. The van der Waals surface area contributed by atoms with Gasteiger partial charge in [0.1, 0.15) is 11.9 Å². The Morgan fingerprint density at radius 3 is 2.71 bits per heavy atom. The maximum atomic E-state index is 12.7. The maximum Gasteiger partial charge on any atom is 0.166 e. The molecule has 4 nitrogen and oxygen atoms in total. The van der Waals surface area contributed by atoms with Crippen molar-refractivity contribution in [2.45, 2.75) is 6.54 Å². The number of nitrogens with zero attached hydrogens (tertiary/aromatic N) is 3. The first kappa shape index (κ1) is 11.0. The van der Waals surface area contributed by atoms with Crippen molar-refractivity contribution in [1.29, 1.82) is 5.26 Å². The summed E-state index contributed by atoms with van der Waals surface area (Å²) in [5.74, 6) is 0.158. The Bertz CT molecular complexity index is 545. The van der Waals surface area contributed by atoms with E-state index in [-0.39, 0.29) is 5.82 Å². The summed E-state index contributed by atoms with van der Waals surface area (Å²) in [6.45, 7) is 0.466. The first-order chi connectivity index (χ1) is 8.29. The number of anilines is 1. The molecule has 5 heteroatoms. The molecule has 1 aromatic heterocycles. The molecule has 1 heterocycles. The highest BCUT2D eigenvalue weighted by molar-refractivity contribution is 5.50. The first-order valence-corrected chi connectivity index (χ1v) is 4.99. The van der Waals surface area contributed by atoms with Crippen LogP contribution >= 0.6 is 0 Å². The van der Waals surface area contributed by atoms with E-state index >= 15 is 0 Å². The lowest BCUT2D eigenvalue weighted by Gasteiger charge is -2.05. The van der Waals surface area contributed by atoms with Crippen LogP contribution in [0.3, 0.4) is 0 Å². The zero-order valence-electron chi connectivity index (χ0n) is 8.89. The number of benzene rings is 1. The van der Waals surface area contributed by atoms with Crippen LogP contribution in [0.15, 0.2) is 36.5 Å². The van der Waals surface area contributed by atoms with Crippen molar-refractivity contribution < 1.29 is 4.39 Å². The van der Waals surface area contributed by atoms with Crippen molar-refractivity contribution in [3.63, 3.8) is 0 Å². The number of rotatable bonds is 3. The molecule has 17 heavy (non-hydrogen) atoms. The van der Waals surface area contributed by atoms with Crippen LogP contribution in [0.25, 0.3) is 0 Å². The molecule has 0 saturated heterocycles. The molecule has 2 rings (SSSR count). The fraction of sp³-hybridized carbons (Fsp3) is 0.0833. The molecule has 0 saturated carbocycles. The van der Waals surface area contributed by atoms with Gasteiger partial charge in [0, 0.05) is 6.54 Å². The van der Waals surface area contributed by atoms with Gasteiger partial charge in [-0.25, -0.2) is 4.39 Å². The van der Waals surface area contributed by atoms with E-state index in [1.807, 2.05) is 6.07 Å². The van der Waals surface area contributed by atoms with E-state index in [1.165, 1.54) is 18.3 Å². The molecule has 0 atom stereocenters. The van der Waals surface area contributed by atoms with E-state index in [9.17, 15) is 4.39 Å². The van der Waals surface area contributed by atoms with Gasteiger partial charge in [0.2, 0.25) is 0 Å². The molecule has 1 N–H and O–H groups in total. The Balaban J connectivity index is 2.08. The minimum absolute atomic E-state index is 0.272. The third-order valence-electron chi connectivity index (χ3n) is 2.21. The van der Waals surface area contributed by atoms with Crippen LogP contribution in [-0.2, 0) is 6.54 Å². The Labute approximate surface area is 97.7 Å². The Morgan fingerprint density at radius 2 is 2.00 bits per heavy atom. The Kier molecular flexibility index (Phi) is 3.26. The van der Waals surface area contributed by atoms with Gasteiger partial charge in [-0.1, -0.05) is 12.1 Å². The number of nitriles is 1. The van der Waals surface area contributed by atoms with Crippen molar-refractivity contribution in [3.05, 3.63) is 53.5 Å². The highest BCUT2D eigenvalue weighted by atomic mass is 19.1. The van der Waals surface area contributed by atoms with Gasteiger partial charge >= 0.3 is 0 Å². The van der Waals surface area contributed by atoms with Crippen molar-refractivity contribution in [3.8, 4) is 6.07 Å². The number of hydrogen-bond donors (Lipinski definition) is 1. The Morgan fingerprint density at radius 1 is 1.24 bits per heavy atom. The lowest BCUT2D eigenvalue weighted by atomic mass is 10.2. The van der Waals surface area contributed by atoms with Gasteiger partial charge < -0.3 is 5.32 Å². The summed E-state index contributed by atoms with van der Waals surface area (Å²) in [7, 11) is 0. The highest BCUT2D eigenvalue weighted by Crippen LogP contribution is 2.10. The molecule has 0 bridgehead atoms. The smallest absolute Gasteiger partial charge is 0.166 e. The number of hydrogen-bond acceptors (Lipinski definition) is 4. The number of halogens is 1. The molecular formula is C12H9FN4. The van der Waals surface area contributed by atoms with Crippen molar-refractivity contribution >= 4 is 5.82 Å². The van der Waals surface area contributed by atoms with Gasteiger partial charge in [-0.05, 0) is 23.8 Å². The van der Waals surface area contributed by atoms with Gasteiger partial charge in [-0.15, -0.1) is 5.10 Å². The second-order valence-corrected chi connectivity index (χ2v) is 3.39. The average Bonchev–Trinajstić information content (AvgIpc) is 2.38. The fourth-order valence-corrected chi connectivity index (χ4v) is 1.34. The van der Waals surface area contributed by atoms with Gasteiger partial charge in [-0.3, -0.25) is 0 Å². The monoisotopic (exact) mass is 228 g/mol.